The van der Waals surface area contributed by atoms with Crippen LogP contribution in [0.2, 0.25) is 0 Å². The van der Waals surface area contributed by atoms with E-state index in [1.54, 1.807) is 11.3 Å². The normalized spacial score (nSPS) is 10.5. The molecule has 0 saturated heterocycles. The molecule has 1 N–H and O–H groups in total. The van der Waals surface area contributed by atoms with E-state index >= 15 is 0 Å². The number of hydrogen-bond acceptors (Lipinski definition) is 3. The minimum Gasteiger partial charge on any atom is -0.390 e. The van der Waals surface area contributed by atoms with Crippen molar-refractivity contribution in [2.45, 2.75) is 39.2 Å². The molecule has 12 heavy (non-hydrogen) atoms. The van der Waals surface area contributed by atoms with E-state index in [0.717, 1.165) is 17.1 Å². The third-order valence-electron chi connectivity index (χ3n) is 1.76. The average Bonchev–Trinajstić information content (AvgIpc) is 2.53. The van der Waals surface area contributed by atoms with Crippen LogP contribution in [-0.4, -0.2) is 10.1 Å². The molecule has 0 atom stereocenters. The van der Waals surface area contributed by atoms with Crippen LogP contribution in [0.25, 0.3) is 0 Å². The Morgan fingerprint density at radius 3 is 2.92 bits per heavy atom. The second-order valence-electron chi connectivity index (χ2n) is 2.85. The molecule has 2 nitrogen and oxygen atoms in total. The Bertz CT molecular complexity index is 222. The zero-order valence-electron chi connectivity index (χ0n) is 7.42. The van der Waals surface area contributed by atoms with Gasteiger partial charge in [-0.2, -0.15) is 0 Å². The summed E-state index contributed by atoms with van der Waals surface area (Å²) in [6.45, 7) is 2.27. The summed E-state index contributed by atoms with van der Waals surface area (Å²) in [5.74, 6) is 0. The molecule has 0 fully saturated rings. The molecule has 1 rings (SSSR count). The molecule has 0 aliphatic heterocycles. The lowest BCUT2D eigenvalue weighted by Gasteiger charge is -1.93. The minimum absolute atomic E-state index is 0.0737. The second-order valence-corrected chi connectivity index (χ2v) is 3.79. The predicted molar refractivity (Wildman–Crippen MR) is 51.3 cm³/mol. The fourth-order valence-electron chi connectivity index (χ4n) is 1.06. The van der Waals surface area contributed by atoms with Crippen molar-refractivity contribution in [2.75, 3.05) is 0 Å². The highest BCUT2D eigenvalue weighted by Crippen LogP contribution is 2.12. The Hall–Kier alpha value is -0.410. The van der Waals surface area contributed by atoms with Gasteiger partial charge >= 0.3 is 0 Å². The summed E-state index contributed by atoms with van der Waals surface area (Å²) < 4.78 is 0. The molecule has 0 aliphatic rings. The van der Waals surface area contributed by atoms with E-state index in [1.807, 2.05) is 5.38 Å². The van der Waals surface area contributed by atoms with E-state index < -0.39 is 0 Å². The van der Waals surface area contributed by atoms with Gasteiger partial charge in [-0.15, -0.1) is 11.3 Å². The summed E-state index contributed by atoms with van der Waals surface area (Å²) >= 11 is 1.65. The van der Waals surface area contributed by atoms with Crippen molar-refractivity contribution in [1.29, 1.82) is 0 Å². The van der Waals surface area contributed by atoms with Gasteiger partial charge in [-0.05, 0) is 12.8 Å². The first kappa shape index (κ1) is 9.68. The maximum Gasteiger partial charge on any atom is 0.0929 e. The molecule has 1 aromatic rings. The van der Waals surface area contributed by atoms with Crippen molar-refractivity contribution in [3.63, 3.8) is 0 Å². The summed E-state index contributed by atoms with van der Waals surface area (Å²) in [5.41, 5.74) is 0.812. The highest BCUT2D eigenvalue weighted by atomic mass is 32.1. The van der Waals surface area contributed by atoms with Crippen LogP contribution < -0.4 is 0 Å². The van der Waals surface area contributed by atoms with Crippen molar-refractivity contribution >= 4 is 11.3 Å². The number of thiazole rings is 1. The van der Waals surface area contributed by atoms with Crippen LogP contribution in [0.4, 0.5) is 0 Å². The van der Waals surface area contributed by atoms with Crippen LogP contribution in [0.15, 0.2) is 5.38 Å². The van der Waals surface area contributed by atoms with Gasteiger partial charge in [0.15, 0.2) is 0 Å². The van der Waals surface area contributed by atoms with Crippen molar-refractivity contribution in [2.24, 2.45) is 0 Å². The summed E-state index contributed by atoms with van der Waals surface area (Å²) in [6, 6.07) is 0. The second kappa shape index (κ2) is 5.27. The van der Waals surface area contributed by atoms with Crippen molar-refractivity contribution in [3.05, 3.63) is 16.1 Å². The van der Waals surface area contributed by atoms with E-state index in [1.165, 1.54) is 19.3 Å². The number of aryl methyl sites for hydroxylation is 1. The van der Waals surface area contributed by atoms with Gasteiger partial charge in [0.1, 0.15) is 0 Å². The summed E-state index contributed by atoms with van der Waals surface area (Å²) in [5, 5.41) is 11.9. The first-order valence-corrected chi connectivity index (χ1v) is 5.29. The molecule has 0 bridgehead atoms. The van der Waals surface area contributed by atoms with E-state index in [9.17, 15) is 0 Å². The molecule has 68 valence electrons. The van der Waals surface area contributed by atoms with Crippen molar-refractivity contribution in [3.8, 4) is 0 Å². The number of hydrogen-bond donors (Lipinski definition) is 1. The topological polar surface area (TPSA) is 33.1 Å². The molecule has 0 spiro atoms. The Kier molecular flexibility index (Phi) is 4.25. The first-order chi connectivity index (χ1) is 5.86. The third kappa shape index (κ3) is 2.91. The van der Waals surface area contributed by atoms with Gasteiger partial charge in [-0.3, -0.25) is 0 Å². The average molecular weight is 185 g/mol. The lowest BCUT2D eigenvalue weighted by atomic mass is 10.2. The number of unbranched alkanes of at least 4 members (excludes halogenated alkanes) is 2. The van der Waals surface area contributed by atoms with E-state index in [0.29, 0.717) is 0 Å². The smallest absolute Gasteiger partial charge is 0.0929 e. The van der Waals surface area contributed by atoms with Crippen LogP contribution >= 0.6 is 11.3 Å². The Morgan fingerprint density at radius 2 is 2.33 bits per heavy atom. The highest BCUT2D eigenvalue weighted by Gasteiger charge is 1.99. The van der Waals surface area contributed by atoms with E-state index in [2.05, 4.69) is 11.9 Å². The first-order valence-electron chi connectivity index (χ1n) is 4.41. The molecule has 1 aromatic heterocycles. The van der Waals surface area contributed by atoms with Gasteiger partial charge in [-0.1, -0.05) is 19.8 Å². The quantitative estimate of drug-likeness (QED) is 0.714. The van der Waals surface area contributed by atoms with Gasteiger partial charge in [-0.25, -0.2) is 4.98 Å². The fraction of sp³-hybridized carbons (Fsp3) is 0.667. The predicted octanol–water partition coefficient (Wildman–Crippen LogP) is 2.37. The largest absolute Gasteiger partial charge is 0.390 e. The summed E-state index contributed by atoms with van der Waals surface area (Å²) in [7, 11) is 0. The van der Waals surface area contributed by atoms with Crippen LogP contribution in [0.5, 0.6) is 0 Å². The third-order valence-corrected chi connectivity index (χ3v) is 2.71. The standard InChI is InChI=1S/C9H15NOS/c1-2-3-4-5-9-10-8(6-11)7-12-9/h7,11H,2-6H2,1H3. The van der Waals surface area contributed by atoms with Gasteiger partial charge in [0, 0.05) is 5.38 Å². The van der Waals surface area contributed by atoms with E-state index in [4.69, 9.17) is 5.11 Å². The molecule has 3 heteroatoms. The zero-order valence-corrected chi connectivity index (χ0v) is 8.23. The summed E-state index contributed by atoms with van der Waals surface area (Å²) in [6.07, 6.45) is 4.81. The fourth-order valence-corrected chi connectivity index (χ4v) is 1.89. The molecular weight excluding hydrogens is 170 g/mol. The highest BCUT2D eigenvalue weighted by molar-refractivity contribution is 7.09. The Labute approximate surface area is 77.3 Å². The monoisotopic (exact) mass is 185 g/mol. The van der Waals surface area contributed by atoms with Crippen LogP contribution in [0.1, 0.15) is 36.9 Å². The molecule has 0 aliphatic carbocycles. The van der Waals surface area contributed by atoms with Crippen LogP contribution in [0.3, 0.4) is 0 Å². The van der Waals surface area contributed by atoms with Crippen molar-refractivity contribution in [1.82, 2.24) is 4.98 Å². The molecule has 0 saturated carbocycles. The Balaban J connectivity index is 2.31. The molecule has 0 aromatic carbocycles. The van der Waals surface area contributed by atoms with Gasteiger partial charge in [0.25, 0.3) is 0 Å². The number of nitrogens with zero attached hydrogens (tertiary/aromatic N) is 1. The minimum atomic E-state index is 0.0737. The molecule has 0 radical (unpaired) electrons. The Morgan fingerprint density at radius 1 is 1.50 bits per heavy atom. The number of aromatic nitrogens is 1. The van der Waals surface area contributed by atoms with Gasteiger partial charge < -0.3 is 5.11 Å². The zero-order chi connectivity index (χ0) is 8.81. The number of rotatable bonds is 5. The van der Waals surface area contributed by atoms with E-state index in [-0.39, 0.29) is 6.61 Å². The SMILES string of the molecule is CCCCCc1nc(CO)cs1. The maximum absolute atomic E-state index is 8.77. The molecule has 0 unspecified atom stereocenters. The molecule has 0 amide bonds. The molecular formula is C9H15NOS. The number of aliphatic hydroxyl groups excluding tert-OH is 1. The maximum atomic E-state index is 8.77. The van der Waals surface area contributed by atoms with Crippen LogP contribution in [-0.2, 0) is 13.0 Å². The van der Waals surface area contributed by atoms with Gasteiger partial charge in [0.05, 0.1) is 17.3 Å². The summed E-state index contributed by atoms with van der Waals surface area (Å²) in [4.78, 5) is 4.27. The number of aliphatic hydroxyl groups is 1. The van der Waals surface area contributed by atoms with Gasteiger partial charge in [0.2, 0.25) is 0 Å². The van der Waals surface area contributed by atoms with Crippen LogP contribution in [0, 0.1) is 0 Å². The lowest BCUT2D eigenvalue weighted by Crippen LogP contribution is -1.86. The lowest BCUT2D eigenvalue weighted by molar-refractivity contribution is 0.277. The molecule has 1 heterocycles. The van der Waals surface area contributed by atoms with Crippen molar-refractivity contribution < 1.29 is 5.11 Å².